The molecule has 1 aromatic carbocycles. The lowest BCUT2D eigenvalue weighted by molar-refractivity contribution is -0.127. The van der Waals surface area contributed by atoms with E-state index in [4.69, 9.17) is 0 Å². The molecule has 2 atom stereocenters. The Morgan fingerprint density at radius 2 is 1.85 bits per heavy atom. The van der Waals surface area contributed by atoms with Crippen LogP contribution in [0.15, 0.2) is 24.3 Å². The van der Waals surface area contributed by atoms with E-state index in [-0.39, 0.29) is 17.8 Å². The number of hydrogen-bond acceptors (Lipinski definition) is 2. The number of nitrogens with one attached hydrogen (secondary N) is 1. The molecule has 2 unspecified atom stereocenters. The van der Waals surface area contributed by atoms with Crippen molar-refractivity contribution < 1.29 is 17.6 Å². The van der Waals surface area contributed by atoms with Crippen molar-refractivity contribution in [2.24, 2.45) is 0 Å². The van der Waals surface area contributed by atoms with Gasteiger partial charge in [-0.15, -0.1) is 0 Å². The molecule has 1 saturated heterocycles. The van der Waals surface area contributed by atoms with Gasteiger partial charge in [-0.25, -0.2) is 4.39 Å². The second kappa shape index (κ2) is 6.10. The number of hydrogen-bond donors (Lipinski definition) is 1. The fraction of sp³-hybridized carbons (Fsp3) is 0.571. The fourth-order valence-corrected chi connectivity index (χ4v) is 2.70. The number of likely N-dealkylation sites (N-methyl/N-ethyl adjacent to an activating group) is 1. The molecule has 6 heteroatoms. The van der Waals surface area contributed by atoms with E-state index in [1.165, 1.54) is 12.1 Å². The molecule has 0 bridgehead atoms. The Hall–Kier alpha value is -1.14. The molecule has 1 aromatic rings. The van der Waals surface area contributed by atoms with E-state index in [2.05, 4.69) is 5.32 Å². The third-order valence-electron chi connectivity index (χ3n) is 3.57. The van der Waals surface area contributed by atoms with E-state index in [1.807, 2.05) is 11.9 Å². The van der Waals surface area contributed by atoms with Gasteiger partial charge in [-0.3, -0.25) is 0 Å². The Morgan fingerprint density at radius 3 is 2.45 bits per heavy atom. The molecular weight excluding hydrogens is 272 g/mol. The first-order chi connectivity index (χ1) is 9.33. The summed E-state index contributed by atoms with van der Waals surface area (Å²) in [5.41, 5.74) is 0.969. The van der Waals surface area contributed by atoms with Crippen LogP contribution in [0.5, 0.6) is 0 Å². The molecule has 2 rings (SSSR count). The number of benzene rings is 1. The first-order valence-corrected chi connectivity index (χ1v) is 6.57. The first-order valence-electron chi connectivity index (χ1n) is 6.57. The lowest BCUT2D eigenvalue weighted by Crippen LogP contribution is -2.49. The lowest BCUT2D eigenvalue weighted by atomic mass is 9.88. The van der Waals surface area contributed by atoms with Crippen LogP contribution < -0.4 is 5.32 Å². The number of rotatable bonds is 3. The molecule has 1 aliphatic heterocycles. The van der Waals surface area contributed by atoms with Crippen LogP contribution in [-0.4, -0.2) is 43.8 Å². The van der Waals surface area contributed by atoms with Gasteiger partial charge in [0.05, 0.1) is 6.54 Å². The molecule has 2 nitrogen and oxygen atoms in total. The summed E-state index contributed by atoms with van der Waals surface area (Å²) in [5.74, 6) is -0.176. The highest BCUT2D eigenvalue weighted by molar-refractivity contribution is 5.22. The van der Waals surface area contributed by atoms with Crippen LogP contribution in [-0.2, 0) is 0 Å². The summed E-state index contributed by atoms with van der Waals surface area (Å²) in [6.45, 7) is 0.394. The molecule has 0 aliphatic carbocycles. The zero-order chi connectivity index (χ0) is 14.8. The number of piperidine rings is 1. The minimum absolute atomic E-state index is 0.125. The second-order valence-corrected chi connectivity index (χ2v) is 5.40. The summed E-state index contributed by atoms with van der Waals surface area (Å²) < 4.78 is 49.7. The van der Waals surface area contributed by atoms with Gasteiger partial charge < -0.3 is 10.2 Å². The van der Waals surface area contributed by atoms with Crippen LogP contribution in [0, 0.1) is 5.82 Å². The summed E-state index contributed by atoms with van der Waals surface area (Å²) in [5, 5.41) is 2.56. The summed E-state index contributed by atoms with van der Waals surface area (Å²) in [4.78, 5) is 2.01. The molecule has 112 valence electrons. The predicted molar refractivity (Wildman–Crippen MR) is 69.1 cm³/mol. The molecule has 0 amide bonds. The Bertz CT molecular complexity index is 430. The van der Waals surface area contributed by atoms with Gasteiger partial charge in [0.1, 0.15) is 5.82 Å². The average Bonchev–Trinajstić information content (AvgIpc) is 2.36. The summed E-state index contributed by atoms with van der Waals surface area (Å²) in [6, 6.07) is 6.00. The Balaban J connectivity index is 1.99. The van der Waals surface area contributed by atoms with Crippen molar-refractivity contribution in [3.05, 3.63) is 35.6 Å². The minimum atomic E-state index is -4.19. The van der Waals surface area contributed by atoms with Gasteiger partial charge in [-0.2, -0.15) is 13.2 Å². The normalized spacial score (nSPS) is 24.9. The molecule has 0 radical (unpaired) electrons. The number of alkyl halides is 3. The quantitative estimate of drug-likeness (QED) is 0.861. The standard InChI is InChI=1S/C14H18F4N2/c1-20-7-11(10-2-4-12(15)5-3-10)6-13(8-20)19-9-14(16,17)18/h2-5,11,13,19H,6-9H2,1H3. The third-order valence-corrected chi connectivity index (χ3v) is 3.57. The third kappa shape index (κ3) is 4.45. The van der Waals surface area contributed by atoms with E-state index in [0.29, 0.717) is 13.0 Å². The maximum atomic E-state index is 12.9. The van der Waals surface area contributed by atoms with Crippen LogP contribution in [0.25, 0.3) is 0 Å². The lowest BCUT2D eigenvalue weighted by Gasteiger charge is -2.36. The van der Waals surface area contributed by atoms with Gasteiger partial charge in [0.25, 0.3) is 0 Å². The average molecular weight is 290 g/mol. The summed E-state index contributed by atoms with van der Waals surface area (Å²) in [6.07, 6.45) is -3.56. The fourth-order valence-electron chi connectivity index (χ4n) is 2.70. The molecule has 1 fully saturated rings. The van der Waals surface area contributed by atoms with Crippen molar-refractivity contribution in [2.45, 2.75) is 24.6 Å². The van der Waals surface area contributed by atoms with Crippen molar-refractivity contribution in [1.29, 1.82) is 0 Å². The van der Waals surface area contributed by atoms with E-state index in [1.54, 1.807) is 12.1 Å². The molecular formula is C14H18F4N2. The molecule has 0 saturated carbocycles. The van der Waals surface area contributed by atoms with Crippen LogP contribution in [0.4, 0.5) is 17.6 Å². The Morgan fingerprint density at radius 1 is 1.20 bits per heavy atom. The number of likely N-dealkylation sites (tertiary alicyclic amines) is 1. The van der Waals surface area contributed by atoms with Crippen LogP contribution in [0.1, 0.15) is 17.9 Å². The Kier molecular flexibility index (Phi) is 4.65. The SMILES string of the molecule is CN1CC(NCC(F)(F)F)CC(c2ccc(F)cc2)C1. The maximum Gasteiger partial charge on any atom is 0.401 e. The minimum Gasteiger partial charge on any atom is -0.305 e. The van der Waals surface area contributed by atoms with E-state index >= 15 is 0 Å². The predicted octanol–water partition coefficient (Wildman–Crippen LogP) is 2.77. The zero-order valence-electron chi connectivity index (χ0n) is 11.3. The molecule has 0 aromatic heterocycles. The molecule has 1 N–H and O–H groups in total. The number of halogens is 4. The summed E-state index contributed by atoms with van der Waals surface area (Å²) >= 11 is 0. The van der Waals surface area contributed by atoms with Crippen LogP contribution >= 0.6 is 0 Å². The highest BCUT2D eigenvalue weighted by atomic mass is 19.4. The van der Waals surface area contributed by atoms with Crippen molar-refractivity contribution in [1.82, 2.24) is 10.2 Å². The first kappa shape index (κ1) is 15.3. The summed E-state index contributed by atoms with van der Waals surface area (Å²) in [7, 11) is 1.89. The van der Waals surface area contributed by atoms with Gasteiger partial charge in [-0.1, -0.05) is 12.1 Å². The molecule has 0 spiro atoms. The van der Waals surface area contributed by atoms with Gasteiger partial charge >= 0.3 is 6.18 Å². The smallest absolute Gasteiger partial charge is 0.305 e. The van der Waals surface area contributed by atoms with Crippen molar-refractivity contribution in [2.75, 3.05) is 26.7 Å². The van der Waals surface area contributed by atoms with E-state index in [0.717, 1.165) is 12.1 Å². The highest BCUT2D eigenvalue weighted by Crippen LogP contribution is 2.27. The topological polar surface area (TPSA) is 15.3 Å². The van der Waals surface area contributed by atoms with E-state index < -0.39 is 12.7 Å². The number of nitrogens with zero attached hydrogens (tertiary/aromatic N) is 1. The van der Waals surface area contributed by atoms with Gasteiger partial charge in [0.2, 0.25) is 0 Å². The largest absolute Gasteiger partial charge is 0.401 e. The van der Waals surface area contributed by atoms with Crippen LogP contribution in [0.2, 0.25) is 0 Å². The monoisotopic (exact) mass is 290 g/mol. The zero-order valence-corrected chi connectivity index (χ0v) is 11.3. The van der Waals surface area contributed by atoms with Gasteiger partial charge in [0.15, 0.2) is 0 Å². The highest BCUT2D eigenvalue weighted by Gasteiger charge is 2.31. The van der Waals surface area contributed by atoms with Crippen molar-refractivity contribution in [3.63, 3.8) is 0 Å². The van der Waals surface area contributed by atoms with Crippen molar-refractivity contribution >= 4 is 0 Å². The molecule has 20 heavy (non-hydrogen) atoms. The molecule has 1 aliphatic rings. The van der Waals surface area contributed by atoms with Crippen LogP contribution in [0.3, 0.4) is 0 Å². The molecule has 1 heterocycles. The van der Waals surface area contributed by atoms with Crippen molar-refractivity contribution in [3.8, 4) is 0 Å². The maximum absolute atomic E-state index is 12.9. The van der Waals surface area contributed by atoms with Gasteiger partial charge in [0, 0.05) is 19.1 Å². The second-order valence-electron chi connectivity index (χ2n) is 5.40. The van der Waals surface area contributed by atoms with Gasteiger partial charge in [-0.05, 0) is 37.1 Å². The Labute approximate surface area is 115 Å². The van der Waals surface area contributed by atoms with E-state index in [9.17, 15) is 17.6 Å².